The predicted molar refractivity (Wildman–Crippen MR) is 146 cm³/mol. The van der Waals surface area contributed by atoms with Crippen molar-refractivity contribution in [1.29, 1.82) is 0 Å². The summed E-state index contributed by atoms with van der Waals surface area (Å²) in [5, 5.41) is 17.5. The Labute approximate surface area is 231 Å². The zero-order chi connectivity index (χ0) is 27.9. The van der Waals surface area contributed by atoms with Crippen LogP contribution in [0.1, 0.15) is 71.4 Å². The normalized spacial score (nSPS) is 16.9. The summed E-state index contributed by atoms with van der Waals surface area (Å²) in [4.78, 5) is 24.8. The standard InChI is InChI=1S/C32H30F2N4O2/c33-25-8-4-21(5-9-25)16-29(39)19-27-12-14-31(37-35-27)23-2-1-3-24(18-23)32-15-13-28(36-38-32)20-30(40)17-22-6-10-26(34)11-7-22/h4-15,23-24H,1-3,16-20H2/t23-,24-/m0/s1. The van der Waals surface area contributed by atoms with Crippen molar-refractivity contribution >= 4 is 11.6 Å². The number of Topliss-reactive ketones (excluding diaryl/α,β-unsaturated/α-hetero) is 2. The molecule has 5 rings (SSSR count). The number of aromatic nitrogens is 4. The second kappa shape index (κ2) is 12.8. The number of hydrogen-bond donors (Lipinski definition) is 0. The second-order valence-corrected chi connectivity index (χ2v) is 10.5. The lowest BCUT2D eigenvalue weighted by Crippen LogP contribution is -2.17. The number of carbonyl (C=O) groups excluding carboxylic acids is 2. The first kappa shape index (κ1) is 27.4. The molecule has 2 heterocycles. The Morgan fingerprint density at radius 1 is 0.575 bits per heavy atom. The molecule has 0 unspecified atom stereocenters. The molecular weight excluding hydrogens is 510 g/mol. The van der Waals surface area contributed by atoms with Crippen molar-refractivity contribution in [1.82, 2.24) is 20.4 Å². The van der Waals surface area contributed by atoms with Gasteiger partial charge in [-0.3, -0.25) is 9.59 Å². The number of hydrogen-bond acceptors (Lipinski definition) is 6. The van der Waals surface area contributed by atoms with Gasteiger partial charge < -0.3 is 0 Å². The van der Waals surface area contributed by atoms with E-state index >= 15 is 0 Å². The lowest BCUT2D eigenvalue weighted by molar-refractivity contribution is -0.118. The fourth-order valence-electron chi connectivity index (χ4n) is 5.28. The molecule has 1 aliphatic carbocycles. The van der Waals surface area contributed by atoms with Gasteiger partial charge in [0, 0.05) is 24.7 Å². The van der Waals surface area contributed by atoms with Gasteiger partial charge in [-0.25, -0.2) is 8.78 Å². The number of carbonyl (C=O) groups is 2. The summed E-state index contributed by atoms with van der Waals surface area (Å²) in [6.07, 6.45) is 4.78. The van der Waals surface area contributed by atoms with E-state index in [4.69, 9.17) is 0 Å². The monoisotopic (exact) mass is 540 g/mol. The number of ketones is 2. The SMILES string of the molecule is O=C(Cc1ccc(F)cc1)Cc1ccc([C@H]2CCC[C@H](c3ccc(CC(=O)Cc4ccc(F)cc4)nn3)C2)nn1. The number of nitrogens with zero attached hydrogens (tertiary/aromatic N) is 4. The molecular formula is C32H30F2N4O2. The van der Waals surface area contributed by atoms with Crippen LogP contribution < -0.4 is 0 Å². The van der Waals surface area contributed by atoms with Gasteiger partial charge in [-0.1, -0.05) is 30.7 Å². The van der Waals surface area contributed by atoms with Gasteiger partial charge in [-0.2, -0.15) is 20.4 Å². The van der Waals surface area contributed by atoms with E-state index in [1.165, 1.54) is 24.3 Å². The molecule has 40 heavy (non-hydrogen) atoms. The van der Waals surface area contributed by atoms with Gasteiger partial charge in [0.25, 0.3) is 0 Å². The summed E-state index contributed by atoms with van der Waals surface area (Å²) in [5.74, 6) is -0.143. The van der Waals surface area contributed by atoms with E-state index in [-0.39, 0.29) is 60.7 Å². The highest BCUT2D eigenvalue weighted by atomic mass is 19.1. The number of halogens is 2. The average Bonchev–Trinajstić information content (AvgIpc) is 2.96. The maximum atomic E-state index is 13.1. The molecule has 8 heteroatoms. The lowest BCUT2D eigenvalue weighted by atomic mass is 9.78. The summed E-state index contributed by atoms with van der Waals surface area (Å²) in [6.45, 7) is 0. The van der Waals surface area contributed by atoms with Gasteiger partial charge in [0.2, 0.25) is 0 Å². The van der Waals surface area contributed by atoms with E-state index in [1.54, 1.807) is 24.3 Å². The predicted octanol–water partition coefficient (Wildman–Crippen LogP) is 5.69. The van der Waals surface area contributed by atoms with Crippen LogP contribution in [-0.2, 0) is 35.3 Å². The molecule has 0 aliphatic heterocycles. The van der Waals surface area contributed by atoms with Gasteiger partial charge >= 0.3 is 0 Å². The summed E-state index contributed by atoms with van der Waals surface area (Å²) >= 11 is 0. The van der Waals surface area contributed by atoms with Crippen molar-refractivity contribution in [3.05, 3.63) is 118 Å². The summed E-state index contributed by atoms with van der Waals surface area (Å²) in [7, 11) is 0. The molecule has 1 fully saturated rings. The third kappa shape index (κ3) is 7.46. The minimum Gasteiger partial charge on any atom is -0.299 e. The molecule has 0 spiro atoms. The Kier molecular flexibility index (Phi) is 8.74. The van der Waals surface area contributed by atoms with Crippen molar-refractivity contribution in [2.75, 3.05) is 0 Å². The quantitative estimate of drug-likeness (QED) is 0.257. The number of benzene rings is 2. The van der Waals surface area contributed by atoms with Crippen LogP contribution in [0.4, 0.5) is 8.78 Å². The van der Waals surface area contributed by atoms with Gasteiger partial charge in [0.05, 0.1) is 35.6 Å². The first-order valence-electron chi connectivity index (χ1n) is 13.6. The maximum absolute atomic E-state index is 13.1. The largest absolute Gasteiger partial charge is 0.299 e. The van der Waals surface area contributed by atoms with Crippen LogP contribution in [0.3, 0.4) is 0 Å². The Bertz CT molecular complexity index is 1330. The highest BCUT2D eigenvalue weighted by Gasteiger charge is 2.27. The van der Waals surface area contributed by atoms with Crippen LogP contribution in [0.15, 0.2) is 72.8 Å². The third-order valence-corrected chi connectivity index (χ3v) is 7.38. The van der Waals surface area contributed by atoms with Crippen molar-refractivity contribution in [3.63, 3.8) is 0 Å². The first-order chi connectivity index (χ1) is 19.4. The molecule has 2 aromatic heterocycles. The van der Waals surface area contributed by atoms with Crippen LogP contribution >= 0.6 is 0 Å². The van der Waals surface area contributed by atoms with Crippen molar-refractivity contribution < 1.29 is 18.4 Å². The highest BCUT2D eigenvalue weighted by Crippen LogP contribution is 2.39. The van der Waals surface area contributed by atoms with Crippen LogP contribution in [-0.4, -0.2) is 32.0 Å². The summed E-state index contributed by atoms with van der Waals surface area (Å²) < 4.78 is 26.2. The molecule has 1 aliphatic rings. The Hall–Kier alpha value is -4.20. The van der Waals surface area contributed by atoms with E-state index in [9.17, 15) is 18.4 Å². The first-order valence-corrected chi connectivity index (χ1v) is 13.6. The number of rotatable bonds is 10. The zero-order valence-electron chi connectivity index (χ0n) is 22.1. The summed E-state index contributed by atoms with van der Waals surface area (Å²) in [6, 6.07) is 19.6. The highest BCUT2D eigenvalue weighted by molar-refractivity contribution is 5.83. The van der Waals surface area contributed by atoms with E-state index in [1.807, 2.05) is 24.3 Å². The molecule has 0 bridgehead atoms. The van der Waals surface area contributed by atoms with Crippen molar-refractivity contribution in [2.24, 2.45) is 0 Å². The Morgan fingerprint density at radius 2 is 1.00 bits per heavy atom. The Morgan fingerprint density at radius 3 is 1.38 bits per heavy atom. The van der Waals surface area contributed by atoms with E-state index in [0.29, 0.717) is 11.4 Å². The van der Waals surface area contributed by atoms with Crippen LogP contribution in [0.2, 0.25) is 0 Å². The fourth-order valence-corrected chi connectivity index (χ4v) is 5.28. The fraction of sp³-hybridized carbons (Fsp3) is 0.312. The van der Waals surface area contributed by atoms with Crippen LogP contribution in [0.25, 0.3) is 0 Å². The molecule has 0 amide bonds. The van der Waals surface area contributed by atoms with Crippen LogP contribution in [0.5, 0.6) is 0 Å². The minimum atomic E-state index is -0.321. The smallest absolute Gasteiger partial charge is 0.143 e. The molecule has 204 valence electrons. The van der Waals surface area contributed by atoms with Gasteiger partial charge in [-0.05, 0) is 78.9 Å². The van der Waals surface area contributed by atoms with Crippen molar-refractivity contribution in [3.8, 4) is 0 Å². The maximum Gasteiger partial charge on any atom is 0.143 e. The van der Waals surface area contributed by atoms with E-state index in [0.717, 1.165) is 48.2 Å². The minimum absolute atomic E-state index is 0.00515. The molecule has 6 nitrogen and oxygen atoms in total. The Balaban J connectivity index is 1.13. The van der Waals surface area contributed by atoms with Crippen LogP contribution in [0, 0.1) is 11.6 Å². The molecule has 0 radical (unpaired) electrons. The molecule has 2 aromatic carbocycles. The second-order valence-electron chi connectivity index (χ2n) is 10.5. The molecule has 4 aromatic rings. The van der Waals surface area contributed by atoms with Gasteiger partial charge in [0.15, 0.2) is 0 Å². The van der Waals surface area contributed by atoms with Gasteiger partial charge in [-0.15, -0.1) is 0 Å². The molecule has 0 saturated heterocycles. The van der Waals surface area contributed by atoms with E-state index < -0.39 is 0 Å². The lowest BCUT2D eigenvalue weighted by Gasteiger charge is -2.28. The third-order valence-electron chi connectivity index (χ3n) is 7.38. The van der Waals surface area contributed by atoms with Gasteiger partial charge in [0.1, 0.15) is 23.2 Å². The summed E-state index contributed by atoms with van der Waals surface area (Å²) in [5.41, 5.74) is 4.62. The van der Waals surface area contributed by atoms with E-state index in [2.05, 4.69) is 20.4 Å². The van der Waals surface area contributed by atoms with Crippen molar-refractivity contribution in [2.45, 2.75) is 63.2 Å². The molecule has 0 N–H and O–H groups in total. The molecule has 2 atom stereocenters. The topological polar surface area (TPSA) is 85.7 Å². The average molecular weight is 541 g/mol. The molecule has 1 saturated carbocycles. The zero-order valence-corrected chi connectivity index (χ0v) is 22.1.